The second-order valence-electron chi connectivity index (χ2n) is 4.57. The highest BCUT2D eigenvalue weighted by atomic mass is 16.5. The Kier molecular flexibility index (Phi) is 5.35. The number of imidazole rings is 1. The van der Waals surface area contributed by atoms with E-state index in [0.717, 1.165) is 23.9 Å². The smallest absolute Gasteiger partial charge is 0.306 e. The van der Waals surface area contributed by atoms with Crippen molar-refractivity contribution in [1.29, 1.82) is 0 Å². The van der Waals surface area contributed by atoms with E-state index in [1.165, 1.54) is 0 Å². The number of esters is 1. The van der Waals surface area contributed by atoms with Gasteiger partial charge < -0.3 is 9.30 Å². The minimum Gasteiger partial charge on any atom is -0.464 e. The van der Waals surface area contributed by atoms with Crippen LogP contribution in [0.1, 0.15) is 26.2 Å². The number of para-hydroxylation sites is 2. The van der Waals surface area contributed by atoms with Crippen molar-refractivity contribution in [3.8, 4) is 0 Å². The molecule has 0 bridgehead atoms. The lowest BCUT2D eigenvalue weighted by Crippen LogP contribution is -2.10. The van der Waals surface area contributed by atoms with Gasteiger partial charge in [-0.1, -0.05) is 31.2 Å². The molecule has 0 aliphatic heterocycles. The first kappa shape index (κ1) is 14.3. The first-order valence-corrected chi connectivity index (χ1v) is 7.01. The first-order valence-electron chi connectivity index (χ1n) is 7.01. The van der Waals surface area contributed by atoms with Gasteiger partial charge in [-0.25, -0.2) is 4.98 Å². The van der Waals surface area contributed by atoms with Gasteiger partial charge in [0.1, 0.15) is 6.61 Å². The van der Waals surface area contributed by atoms with Crippen molar-refractivity contribution >= 4 is 17.0 Å². The van der Waals surface area contributed by atoms with Crippen molar-refractivity contribution < 1.29 is 9.53 Å². The van der Waals surface area contributed by atoms with Crippen LogP contribution in [0.15, 0.2) is 42.7 Å². The molecular formula is C16H20N2O2. The molecule has 0 N–H and O–H groups in total. The van der Waals surface area contributed by atoms with E-state index < -0.39 is 0 Å². The number of aromatic nitrogens is 2. The van der Waals surface area contributed by atoms with Crippen LogP contribution in [0.3, 0.4) is 0 Å². The SMILES string of the molecule is CCC=CCCC(=O)OCCn1cnc2ccccc21. The quantitative estimate of drug-likeness (QED) is 0.573. The van der Waals surface area contributed by atoms with E-state index in [9.17, 15) is 4.79 Å². The van der Waals surface area contributed by atoms with Crippen LogP contribution in [0.2, 0.25) is 0 Å². The number of hydrogen-bond acceptors (Lipinski definition) is 3. The monoisotopic (exact) mass is 272 g/mol. The maximum atomic E-state index is 11.5. The number of fused-ring (bicyclic) bond motifs is 1. The Balaban J connectivity index is 1.75. The maximum Gasteiger partial charge on any atom is 0.306 e. The fraction of sp³-hybridized carbons (Fsp3) is 0.375. The zero-order valence-electron chi connectivity index (χ0n) is 11.8. The Morgan fingerprint density at radius 2 is 2.20 bits per heavy atom. The lowest BCUT2D eigenvalue weighted by molar-refractivity contribution is -0.143. The predicted octanol–water partition coefficient (Wildman–Crippen LogP) is 3.33. The number of hydrogen-bond donors (Lipinski definition) is 0. The van der Waals surface area contributed by atoms with Crippen LogP contribution in [-0.4, -0.2) is 22.1 Å². The summed E-state index contributed by atoms with van der Waals surface area (Å²) in [5, 5.41) is 0. The number of benzene rings is 1. The molecule has 0 fully saturated rings. The summed E-state index contributed by atoms with van der Waals surface area (Å²) in [7, 11) is 0. The Hall–Kier alpha value is -2.10. The van der Waals surface area contributed by atoms with Crippen molar-refractivity contribution in [1.82, 2.24) is 9.55 Å². The summed E-state index contributed by atoms with van der Waals surface area (Å²) in [6, 6.07) is 7.92. The molecule has 0 unspecified atom stereocenters. The number of ether oxygens (including phenoxy) is 1. The predicted molar refractivity (Wildman–Crippen MR) is 79.4 cm³/mol. The summed E-state index contributed by atoms with van der Waals surface area (Å²) < 4.78 is 7.22. The van der Waals surface area contributed by atoms with Crippen molar-refractivity contribution in [3.63, 3.8) is 0 Å². The van der Waals surface area contributed by atoms with Gasteiger partial charge in [0.15, 0.2) is 0 Å². The minimum absolute atomic E-state index is 0.143. The van der Waals surface area contributed by atoms with Gasteiger partial charge in [-0.15, -0.1) is 0 Å². The third-order valence-electron chi connectivity index (χ3n) is 3.04. The number of rotatable bonds is 7. The van der Waals surface area contributed by atoms with E-state index in [2.05, 4.69) is 18.0 Å². The van der Waals surface area contributed by atoms with Gasteiger partial charge in [-0.3, -0.25) is 4.79 Å². The van der Waals surface area contributed by atoms with Crippen LogP contribution in [0.4, 0.5) is 0 Å². The second-order valence-corrected chi connectivity index (χ2v) is 4.57. The van der Waals surface area contributed by atoms with Crippen molar-refractivity contribution in [2.24, 2.45) is 0 Å². The van der Waals surface area contributed by atoms with Crippen LogP contribution in [0.5, 0.6) is 0 Å². The summed E-state index contributed by atoms with van der Waals surface area (Å²) in [5.74, 6) is -0.143. The standard InChI is InChI=1S/C16H20N2O2/c1-2-3-4-5-10-16(19)20-12-11-18-13-17-14-8-6-7-9-15(14)18/h3-4,6-9,13H,2,5,10-12H2,1H3. The van der Waals surface area contributed by atoms with Crippen molar-refractivity contribution in [2.45, 2.75) is 32.7 Å². The molecule has 0 radical (unpaired) electrons. The average molecular weight is 272 g/mol. The Bertz CT molecular complexity index is 587. The largest absolute Gasteiger partial charge is 0.464 e. The van der Waals surface area contributed by atoms with Gasteiger partial charge in [-0.05, 0) is 25.0 Å². The summed E-state index contributed by atoms with van der Waals surface area (Å²) in [6.07, 6.45) is 8.06. The highest BCUT2D eigenvalue weighted by molar-refractivity contribution is 5.75. The van der Waals surface area contributed by atoms with Gasteiger partial charge in [0.2, 0.25) is 0 Å². The molecule has 0 aliphatic rings. The summed E-state index contributed by atoms with van der Waals surface area (Å²) in [4.78, 5) is 15.8. The fourth-order valence-corrected chi connectivity index (χ4v) is 2.00. The molecule has 1 heterocycles. The van der Waals surface area contributed by atoms with Crippen LogP contribution in [0.25, 0.3) is 11.0 Å². The second kappa shape index (κ2) is 7.48. The molecule has 1 aromatic heterocycles. The van der Waals surface area contributed by atoms with Gasteiger partial charge in [0.25, 0.3) is 0 Å². The summed E-state index contributed by atoms with van der Waals surface area (Å²) in [5.41, 5.74) is 2.03. The topological polar surface area (TPSA) is 44.1 Å². The fourth-order valence-electron chi connectivity index (χ4n) is 2.00. The molecule has 2 aromatic rings. The Labute approximate surface area is 119 Å². The molecular weight excluding hydrogens is 252 g/mol. The third-order valence-corrected chi connectivity index (χ3v) is 3.04. The van der Waals surface area contributed by atoms with Crippen LogP contribution >= 0.6 is 0 Å². The van der Waals surface area contributed by atoms with Gasteiger partial charge in [0.05, 0.1) is 23.9 Å². The molecule has 2 rings (SSSR count). The minimum atomic E-state index is -0.143. The van der Waals surface area contributed by atoms with E-state index in [0.29, 0.717) is 19.6 Å². The van der Waals surface area contributed by atoms with E-state index >= 15 is 0 Å². The normalized spacial score (nSPS) is 11.2. The molecule has 4 nitrogen and oxygen atoms in total. The molecule has 0 amide bonds. The third kappa shape index (κ3) is 3.95. The maximum absolute atomic E-state index is 11.5. The van der Waals surface area contributed by atoms with Gasteiger partial charge in [0, 0.05) is 6.42 Å². The molecule has 0 saturated heterocycles. The van der Waals surface area contributed by atoms with E-state index in [1.54, 1.807) is 6.33 Å². The lowest BCUT2D eigenvalue weighted by Gasteiger charge is -2.05. The number of carbonyl (C=O) groups is 1. The number of nitrogens with zero attached hydrogens (tertiary/aromatic N) is 2. The van der Waals surface area contributed by atoms with Crippen LogP contribution < -0.4 is 0 Å². The Morgan fingerprint density at radius 1 is 1.35 bits per heavy atom. The van der Waals surface area contributed by atoms with Gasteiger partial charge >= 0.3 is 5.97 Å². The van der Waals surface area contributed by atoms with E-state index in [-0.39, 0.29) is 5.97 Å². The molecule has 1 aromatic carbocycles. The molecule has 106 valence electrons. The molecule has 20 heavy (non-hydrogen) atoms. The zero-order chi connectivity index (χ0) is 14.2. The molecule has 0 saturated carbocycles. The summed E-state index contributed by atoms with van der Waals surface area (Å²) >= 11 is 0. The average Bonchev–Trinajstić information content (AvgIpc) is 2.87. The summed E-state index contributed by atoms with van der Waals surface area (Å²) in [6.45, 7) is 3.10. The highest BCUT2D eigenvalue weighted by Gasteiger charge is 2.04. The number of carbonyl (C=O) groups excluding carboxylic acids is 1. The van der Waals surface area contributed by atoms with E-state index in [1.807, 2.05) is 34.9 Å². The van der Waals surface area contributed by atoms with Crippen molar-refractivity contribution in [2.75, 3.05) is 6.61 Å². The number of allylic oxidation sites excluding steroid dienone is 2. The lowest BCUT2D eigenvalue weighted by atomic mass is 10.3. The molecule has 0 atom stereocenters. The molecule has 4 heteroatoms. The zero-order valence-corrected chi connectivity index (χ0v) is 11.8. The van der Waals surface area contributed by atoms with E-state index in [4.69, 9.17) is 4.74 Å². The molecule has 0 spiro atoms. The van der Waals surface area contributed by atoms with Crippen molar-refractivity contribution in [3.05, 3.63) is 42.7 Å². The van der Waals surface area contributed by atoms with Gasteiger partial charge in [-0.2, -0.15) is 0 Å². The first-order chi connectivity index (χ1) is 9.81. The van der Waals surface area contributed by atoms with Crippen LogP contribution in [-0.2, 0) is 16.1 Å². The Morgan fingerprint density at radius 3 is 3.05 bits per heavy atom. The molecule has 0 aliphatic carbocycles. The van der Waals surface area contributed by atoms with Crippen LogP contribution in [0, 0.1) is 0 Å². The highest BCUT2D eigenvalue weighted by Crippen LogP contribution is 2.11.